The van der Waals surface area contributed by atoms with Crippen LogP contribution >= 0.6 is 11.6 Å². The summed E-state index contributed by atoms with van der Waals surface area (Å²) in [6, 6.07) is 6.00. The van der Waals surface area contributed by atoms with Crippen LogP contribution in [0.15, 0.2) is 18.2 Å². The summed E-state index contributed by atoms with van der Waals surface area (Å²) in [5, 5.41) is 4.21. The second-order valence-electron chi connectivity index (χ2n) is 6.76. The Morgan fingerprint density at radius 3 is 2.91 bits per heavy atom. The van der Waals surface area contributed by atoms with Crippen molar-refractivity contribution in [3.8, 4) is 5.75 Å². The maximum absolute atomic E-state index is 12.8. The average Bonchev–Trinajstić information content (AvgIpc) is 2.98. The van der Waals surface area contributed by atoms with Crippen LogP contribution in [-0.2, 0) is 11.3 Å². The number of carbonyl (C=O) groups is 1. The van der Waals surface area contributed by atoms with Crippen LogP contribution in [0.25, 0.3) is 0 Å². The van der Waals surface area contributed by atoms with Gasteiger partial charge in [-0.05, 0) is 43.4 Å². The molecule has 126 valence electrons. The van der Waals surface area contributed by atoms with Crippen molar-refractivity contribution >= 4 is 17.5 Å². The van der Waals surface area contributed by atoms with E-state index in [1.165, 1.54) is 25.7 Å². The molecule has 3 rings (SSSR count). The van der Waals surface area contributed by atoms with E-state index in [0.717, 1.165) is 17.7 Å². The molecular weight excluding hydrogens is 312 g/mol. The van der Waals surface area contributed by atoms with Crippen LogP contribution in [0.4, 0.5) is 0 Å². The van der Waals surface area contributed by atoms with Crippen molar-refractivity contribution < 1.29 is 9.53 Å². The number of nitrogens with one attached hydrogen (secondary N) is 1. The van der Waals surface area contributed by atoms with Gasteiger partial charge in [-0.1, -0.05) is 24.4 Å². The highest BCUT2D eigenvalue weighted by Crippen LogP contribution is 2.34. The summed E-state index contributed by atoms with van der Waals surface area (Å²) in [7, 11) is 3.49. The Morgan fingerprint density at radius 2 is 2.17 bits per heavy atom. The number of halogens is 1. The number of nitrogens with zero attached hydrogens (tertiary/aromatic N) is 1. The van der Waals surface area contributed by atoms with Crippen LogP contribution in [0.3, 0.4) is 0 Å². The number of methoxy groups -OCH3 is 1. The molecule has 1 heterocycles. The van der Waals surface area contributed by atoms with E-state index in [2.05, 4.69) is 5.32 Å². The van der Waals surface area contributed by atoms with Crippen LogP contribution in [-0.4, -0.2) is 37.0 Å². The molecule has 4 nitrogen and oxygen atoms in total. The zero-order valence-electron chi connectivity index (χ0n) is 13.8. The molecule has 0 radical (unpaired) electrons. The van der Waals surface area contributed by atoms with Crippen molar-refractivity contribution in [1.82, 2.24) is 10.2 Å². The number of hydrogen-bond acceptors (Lipinski definition) is 3. The minimum atomic E-state index is -0.0433. The summed E-state index contributed by atoms with van der Waals surface area (Å²) in [5.74, 6) is 1.61. The standard InChI is InChI=1S/C18H25ClN2O2/c1-21(11-13-9-14(19)7-8-17(13)23-2)18(22)16-10-12-5-3-4-6-15(12)20-16/h7-9,12,15-16,20H,3-6,10-11H2,1-2H3. The lowest BCUT2D eigenvalue weighted by Gasteiger charge is -2.24. The van der Waals surface area contributed by atoms with Crippen molar-refractivity contribution in [3.05, 3.63) is 28.8 Å². The van der Waals surface area contributed by atoms with Gasteiger partial charge < -0.3 is 15.0 Å². The molecule has 0 bridgehead atoms. The maximum atomic E-state index is 12.8. The molecule has 1 aliphatic carbocycles. The highest BCUT2D eigenvalue weighted by atomic mass is 35.5. The Labute approximate surface area is 143 Å². The molecule has 2 aliphatic rings. The Balaban J connectivity index is 1.65. The van der Waals surface area contributed by atoms with Gasteiger partial charge in [0.25, 0.3) is 0 Å². The smallest absolute Gasteiger partial charge is 0.239 e. The van der Waals surface area contributed by atoms with E-state index in [0.29, 0.717) is 23.5 Å². The van der Waals surface area contributed by atoms with Gasteiger partial charge >= 0.3 is 0 Å². The topological polar surface area (TPSA) is 41.6 Å². The predicted molar refractivity (Wildman–Crippen MR) is 91.8 cm³/mol. The van der Waals surface area contributed by atoms with E-state index in [1.807, 2.05) is 19.2 Å². The highest BCUT2D eigenvalue weighted by molar-refractivity contribution is 6.30. The first-order valence-electron chi connectivity index (χ1n) is 8.42. The zero-order chi connectivity index (χ0) is 16.4. The fourth-order valence-corrected chi connectivity index (χ4v) is 4.18. The molecule has 1 aromatic carbocycles. The van der Waals surface area contributed by atoms with Gasteiger partial charge in [0.05, 0.1) is 13.2 Å². The number of benzene rings is 1. The molecule has 3 atom stereocenters. The summed E-state index contributed by atoms with van der Waals surface area (Å²) < 4.78 is 5.37. The minimum Gasteiger partial charge on any atom is -0.496 e. The normalized spacial score (nSPS) is 26.7. The second-order valence-corrected chi connectivity index (χ2v) is 7.19. The summed E-state index contributed by atoms with van der Waals surface area (Å²) in [6.07, 6.45) is 6.03. The van der Waals surface area contributed by atoms with Gasteiger partial charge in [-0.25, -0.2) is 0 Å². The third-order valence-electron chi connectivity index (χ3n) is 5.19. The van der Waals surface area contributed by atoms with E-state index < -0.39 is 0 Å². The van der Waals surface area contributed by atoms with Gasteiger partial charge in [-0.15, -0.1) is 0 Å². The first kappa shape index (κ1) is 16.6. The van der Waals surface area contributed by atoms with E-state index >= 15 is 0 Å². The largest absolute Gasteiger partial charge is 0.496 e. The molecule has 1 aromatic rings. The second kappa shape index (κ2) is 7.10. The van der Waals surface area contributed by atoms with Crippen LogP contribution in [0.5, 0.6) is 5.75 Å². The zero-order valence-corrected chi connectivity index (χ0v) is 14.6. The molecule has 5 heteroatoms. The Kier molecular flexibility index (Phi) is 5.12. The molecule has 3 unspecified atom stereocenters. The Hall–Kier alpha value is -1.26. The number of hydrogen-bond donors (Lipinski definition) is 1. The van der Waals surface area contributed by atoms with Crippen molar-refractivity contribution in [2.75, 3.05) is 14.2 Å². The van der Waals surface area contributed by atoms with Crippen LogP contribution in [0, 0.1) is 5.92 Å². The summed E-state index contributed by atoms with van der Waals surface area (Å²) in [6.45, 7) is 0.510. The van der Waals surface area contributed by atoms with Crippen LogP contribution < -0.4 is 10.1 Å². The summed E-state index contributed by atoms with van der Waals surface area (Å²) >= 11 is 6.08. The molecule has 1 amide bonds. The Morgan fingerprint density at radius 1 is 1.39 bits per heavy atom. The monoisotopic (exact) mass is 336 g/mol. The number of rotatable bonds is 4. The van der Waals surface area contributed by atoms with Gasteiger partial charge in [0.2, 0.25) is 5.91 Å². The minimum absolute atomic E-state index is 0.0433. The highest BCUT2D eigenvalue weighted by Gasteiger charge is 2.39. The molecule has 23 heavy (non-hydrogen) atoms. The van der Waals surface area contributed by atoms with Crippen molar-refractivity contribution in [3.63, 3.8) is 0 Å². The third kappa shape index (κ3) is 3.64. The molecule has 1 saturated heterocycles. The molecule has 1 saturated carbocycles. The lowest BCUT2D eigenvalue weighted by atomic mass is 9.85. The maximum Gasteiger partial charge on any atom is 0.239 e. The molecule has 1 N–H and O–H groups in total. The first-order valence-corrected chi connectivity index (χ1v) is 8.79. The van der Waals surface area contributed by atoms with E-state index in [-0.39, 0.29) is 11.9 Å². The van der Waals surface area contributed by atoms with Gasteiger partial charge in [0.15, 0.2) is 0 Å². The number of likely N-dealkylation sites (N-methyl/N-ethyl adjacent to an activating group) is 1. The predicted octanol–water partition coefficient (Wildman–Crippen LogP) is 3.23. The first-order chi connectivity index (χ1) is 11.1. The molecular formula is C18H25ClN2O2. The number of ether oxygens (including phenoxy) is 1. The lowest BCUT2D eigenvalue weighted by Crippen LogP contribution is -2.43. The van der Waals surface area contributed by atoms with Crippen molar-refractivity contribution in [2.24, 2.45) is 5.92 Å². The quantitative estimate of drug-likeness (QED) is 0.917. The van der Waals surface area contributed by atoms with Gasteiger partial charge in [-0.3, -0.25) is 4.79 Å². The molecule has 2 fully saturated rings. The van der Waals surface area contributed by atoms with Gasteiger partial charge in [0, 0.05) is 30.2 Å². The molecule has 1 aliphatic heterocycles. The summed E-state index contributed by atoms with van der Waals surface area (Å²) in [4.78, 5) is 14.5. The van der Waals surface area contributed by atoms with Crippen molar-refractivity contribution in [1.29, 1.82) is 0 Å². The van der Waals surface area contributed by atoms with Crippen molar-refractivity contribution in [2.45, 2.75) is 50.7 Å². The van der Waals surface area contributed by atoms with Crippen LogP contribution in [0.1, 0.15) is 37.7 Å². The Bertz CT molecular complexity index is 564. The lowest BCUT2D eigenvalue weighted by molar-refractivity contribution is -0.132. The number of carbonyl (C=O) groups excluding carboxylic acids is 1. The van der Waals surface area contributed by atoms with Gasteiger partial charge in [-0.2, -0.15) is 0 Å². The van der Waals surface area contributed by atoms with Gasteiger partial charge in [0.1, 0.15) is 5.75 Å². The SMILES string of the molecule is COc1ccc(Cl)cc1CN(C)C(=O)C1CC2CCCCC2N1. The average molecular weight is 337 g/mol. The van der Waals surface area contributed by atoms with E-state index in [1.54, 1.807) is 18.1 Å². The number of amides is 1. The summed E-state index contributed by atoms with van der Waals surface area (Å²) in [5.41, 5.74) is 0.936. The molecule has 0 aromatic heterocycles. The number of fused-ring (bicyclic) bond motifs is 1. The van der Waals surface area contributed by atoms with Crippen LogP contribution in [0.2, 0.25) is 5.02 Å². The third-order valence-corrected chi connectivity index (χ3v) is 5.42. The fraction of sp³-hybridized carbons (Fsp3) is 0.611. The molecule has 0 spiro atoms. The fourth-order valence-electron chi connectivity index (χ4n) is 3.98. The van der Waals surface area contributed by atoms with E-state index in [9.17, 15) is 4.79 Å². The van der Waals surface area contributed by atoms with E-state index in [4.69, 9.17) is 16.3 Å².